The summed E-state index contributed by atoms with van der Waals surface area (Å²) >= 11 is 0. The largest absolute Gasteiger partial charge is 0.433 e. The minimum absolute atomic E-state index is 0.0518. The fraction of sp³-hybridized carbons (Fsp3) is 0.500. The maximum absolute atomic E-state index is 12.8. The first-order valence-corrected chi connectivity index (χ1v) is 6.87. The topological polar surface area (TPSA) is 46.8 Å². The van der Waals surface area contributed by atoms with Crippen LogP contribution in [-0.2, 0) is 19.3 Å². The van der Waals surface area contributed by atoms with Crippen molar-refractivity contribution in [1.29, 1.82) is 0 Å². The maximum Gasteiger partial charge on any atom is 0.433 e. The van der Waals surface area contributed by atoms with E-state index in [9.17, 15) is 13.2 Å². The molecule has 0 spiro atoms. The quantitative estimate of drug-likeness (QED) is 0.870. The summed E-state index contributed by atoms with van der Waals surface area (Å²) in [5, 5.41) is 4.22. The summed E-state index contributed by atoms with van der Waals surface area (Å²) < 4.78 is 40.3. The van der Waals surface area contributed by atoms with Gasteiger partial charge in [-0.1, -0.05) is 0 Å². The Labute approximate surface area is 126 Å². The Hall–Kier alpha value is -2.12. The van der Waals surface area contributed by atoms with Crippen molar-refractivity contribution in [1.82, 2.24) is 19.7 Å². The second kappa shape index (κ2) is 5.94. The molecule has 2 rings (SSSR count). The molecule has 120 valence electrons. The fourth-order valence-corrected chi connectivity index (χ4v) is 2.15. The lowest BCUT2D eigenvalue weighted by Gasteiger charge is -2.18. The molecule has 0 saturated heterocycles. The maximum atomic E-state index is 12.8. The van der Waals surface area contributed by atoms with Gasteiger partial charge in [0.05, 0.1) is 6.20 Å². The second-order valence-corrected chi connectivity index (χ2v) is 5.12. The van der Waals surface area contributed by atoms with Crippen LogP contribution in [0.2, 0.25) is 0 Å². The lowest BCUT2D eigenvalue weighted by molar-refractivity contribution is -0.141. The molecule has 8 heteroatoms. The Bertz CT molecular complexity index is 663. The van der Waals surface area contributed by atoms with Gasteiger partial charge < -0.3 is 4.90 Å². The van der Waals surface area contributed by atoms with E-state index in [0.717, 1.165) is 23.9 Å². The van der Waals surface area contributed by atoms with E-state index in [1.165, 1.54) is 6.92 Å². The summed E-state index contributed by atoms with van der Waals surface area (Å²) in [6.45, 7) is 6.57. The Kier molecular flexibility index (Phi) is 4.39. The summed E-state index contributed by atoms with van der Waals surface area (Å²) in [7, 11) is 1.66. The zero-order chi connectivity index (χ0) is 16.5. The van der Waals surface area contributed by atoms with Crippen LogP contribution in [0.25, 0.3) is 0 Å². The van der Waals surface area contributed by atoms with Gasteiger partial charge in [-0.25, -0.2) is 9.97 Å². The highest BCUT2D eigenvalue weighted by Gasteiger charge is 2.33. The molecule has 0 amide bonds. The molecule has 22 heavy (non-hydrogen) atoms. The van der Waals surface area contributed by atoms with Crippen molar-refractivity contribution in [3.63, 3.8) is 0 Å². The molecular weight excluding hydrogens is 295 g/mol. The third-order valence-electron chi connectivity index (χ3n) is 3.39. The van der Waals surface area contributed by atoms with Crippen LogP contribution in [0.1, 0.15) is 29.6 Å². The van der Waals surface area contributed by atoms with Gasteiger partial charge in [0.2, 0.25) is 5.95 Å². The molecule has 5 nitrogen and oxygen atoms in total. The SMILES string of the molecule is CCn1ncc(CN(C)c2nc(C)cc(C(F)(F)F)n2)c1C. The van der Waals surface area contributed by atoms with E-state index in [4.69, 9.17) is 0 Å². The standard InChI is InChI=1S/C14H18F3N5/c1-5-22-10(3)11(7-18-22)8-21(4)13-19-9(2)6-12(20-13)14(15,16)17/h6-7H,5,8H2,1-4H3. The lowest BCUT2D eigenvalue weighted by atomic mass is 10.2. The van der Waals surface area contributed by atoms with Crippen LogP contribution in [0.3, 0.4) is 0 Å². The van der Waals surface area contributed by atoms with Crippen LogP contribution in [-0.4, -0.2) is 26.8 Å². The number of aryl methyl sites for hydroxylation is 2. The predicted octanol–water partition coefficient (Wildman–Crippen LogP) is 2.97. The number of rotatable bonds is 4. The van der Waals surface area contributed by atoms with Crippen molar-refractivity contribution < 1.29 is 13.2 Å². The number of alkyl halides is 3. The van der Waals surface area contributed by atoms with Crippen LogP contribution in [0, 0.1) is 13.8 Å². The number of hydrogen-bond acceptors (Lipinski definition) is 4. The first-order valence-electron chi connectivity index (χ1n) is 6.87. The van der Waals surface area contributed by atoms with Gasteiger partial charge in [-0.3, -0.25) is 4.68 Å². The lowest BCUT2D eigenvalue weighted by Crippen LogP contribution is -2.22. The second-order valence-electron chi connectivity index (χ2n) is 5.12. The molecule has 0 aromatic carbocycles. The van der Waals surface area contributed by atoms with E-state index >= 15 is 0 Å². The highest BCUT2D eigenvalue weighted by molar-refractivity contribution is 5.34. The molecular formula is C14H18F3N5. The molecule has 0 aliphatic rings. The minimum atomic E-state index is -4.48. The van der Waals surface area contributed by atoms with Gasteiger partial charge in [-0.2, -0.15) is 18.3 Å². The van der Waals surface area contributed by atoms with Gasteiger partial charge >= 0.3 is 6.18 Å². The van der Waals surface area contributed by atoms with Crippen molar-refractivity contribution in [2.75, 3.05) is 11.9 Å². The van der Waals surface area contributed by atoms with Crippen molar-refractivity contribution >= 4 is 5.95 Å². The number of halogens is 3. The van der Waals surface area contributed by atoms with Crippen LogP contribution < -0.4 is 4.90 Å². The van der Waals surface area contributed by atoms with E-state index in [0.29, 0.717) is 6.54 Å². The Morgan fingerprint density at radius 3 is 2.45 bits per heavy atom. The molecule has 2 aromatic rings. The molecule has 2 aromatic heterocycles. The van der Waals surface area contributed by atoms with Gasteiger partial charge in [-0.05, 0) is 26.8 Å². The Balaban J connectivity index is 2.27. The molecule has 0 fully saturated rings. The third-order valence-corrected chi connectivity index (χ3v) is 3.39. The summed E-state index contributed by atoms with van der Waals surface area (Å²) in [4.78, 5) is 9.30. The highest BCUT2D eigenvalue weighted by atomic mass is 19.4. The number of hydrogen-bond donors (Lipinski definition) is 0. The van der Waals surface area contributed by atoms with Crippen LogP contribution in [0.4, 0.5) is 19.1 Å². The average Bonchev–Trinajstić information content (AvgIpc) is 2.78. The highest BCUT2D eigenvalue weighted by Crippen LogP contribution is 2.29. The first-order chi connectivity index (χ1) is 10.2. The summed E-state index contributed by atoms with van der Waals surface area (Å²) in [6.07, 6.45) is -2.76. The first kappa shape index (κ1) is 16.3. The summed E-state index contributed by atoms with van der Waals surface area (Å²) in [5.41, 5.74) is 1.27. The van der Waals surface area contributed by atoms with Crippen LogP contribution >= 0.6 is 0 Å². The van der Waals surface area contributed by atoms with Gasteiger partial charge in [0.25, 0.3) is 0 Å². The molecule has 2 heterocycles. The number of aromatic nitrogens is 4. The predicted molar refractivity (Wildman–Crippen MR) is 76.5 cm³/mol. The summed E-state index contributed by atoms with van der Waals surface area (Å²) in [5.74, 6) is 0.0518. The van der Waals surface area contributed by atoms with Gasteiger partial charge in [-0.15, -0.1) is 0 Å². The van der Waals surface area contributed by atoms with Crippen LogP contribution in [0.15, 0.2) is 12.3 Å². The molecule has 0 aliphatic carbocycles. The zero-order valence-corrected chi connectivity index (χ0v) is 12.9. The van der Waals surface area contributed by atoms with Crippen molar-refractivity contribution in [3.05, 3.63) is 34.9 Å². The molecule has 0 aliphatic heterocycles. The molecule has 0 radical (unpaired) electrons. The molecule has 0 bridgehead atoms. The van der Waals surface area contributed by atoms with Crippen molar-refractivity contribution in [2.24, 2.45) is 0 Å². The van der Waals surface area contributed by atoms with E-state index in [-0.39, 0.29) is 11.6 Å². The van der Waals surface area contributed by atoms with E-state index in [1.807, 2.05) is 18.5 Å². The van der Waals surface area contributed by atoms with Gasteiger partial charge in [0, 0.05) is 37.1 Å². The zero-order valence-electron chi connectivity index (χ0n) is 12.9. The van der Waals surface area contributed by atoms with E-state index in [2.05, 4.69) is 15.1 Å². The molecule has 0 unspecified atom stereocenters. The number of anilines is 1. The fourth-order valence-electron chi connectivity index (χ4n) is 2.15. The van der Waals surface area contributed by atoms with E-state index < -0.39 is 11.9 Å². The minimum Gasteiger partial charge on any atom is -0.339 e. The average molecular weight is 313 g/mol. The Morgan fingerprint density at radius 1 is 1.23 bits per heavy atom. The molecule has 0 atom stereocenters. The monoisotopic (exact) mass is 313 g/mol. The Morgan fingerprint density at radius 2 is 1.91 bits per heavy atom. The molecule has 0 N–H and O–H groups in total. The smallest absolute Gasteiger partial charge is 0.339 e. The van der Waals surface area contributed by atoms with Crippen LogP contribution in [0.5, 0.6) is 0 Å². The van der Waals surface area contributed by atoms with Gasteiger partial charge in [0.1, 0.15) is 5.69 Å². The third kappa shape index (κ3) is 3.37. The van der Waals surface area contributed by atoms with Crippen molar-refractivity contribution in [3.8, 4) is 0 Å². The van der Waals surface area contributed by atoms with Crippen molar-refractivity contribution in [2.45, 2.75) is 40.0 Å². The normalized spacial score (nSPS) is 11.8. The summed E-state index contributed by atoms with van der Waals surface area (Å²) in [6, 6.07) is 0.942. The molecule has 0 saturated carbocycles. The van der Waals surface area contributed by atoms with E-state index in [1.54, 1.807) is 18.1 Å². The van der Waals surface area contributed by atoms with Gasteiger partial charge in [0.15, 0.2) is 0 Å². The number of nitrogens with zero attached hydrogens (tertiary/aromatic N) is 5.